The third kappa shape index (κ3) is 3.48. The molecule has 1 heterocycles. The van der Waals surface area contributed by atoms with E-state index in [9.17, 15) is 4.79 Å². The number of carbonyl (C=O) groups excluding carboxylic acids is 1. The third-order valence-electron chi connectivity index (χ3n) is 3.41. The zero-order valence-electron chi connectivity index (χ0n) is 12.5. The second-order valence-electron chi connectivity index (χ2n) is 4.99. The van der Waals surface area contributed by atoms with Crippen LogP contribution >= 0.6 is 11.6 Å². The summed E-state index contributed by atoms with van der Waals surface area (Å²) in [5, 5.41) is 1.51. The van der Waals surface area contributed by atoms with Crippen LogP contribution in [0.4, 0.5) is 0 Å². The van der Waals surface area contributed by atoms with E-state index in [0.29, 0.717) is 16.4 Å². The van der Waals surface area contributed by atoms with Crippen LogP contribution < -0.4 is 4.74 Å². The Balaban J connectivity index is 1.57. The Morgan fingerprint density at radius 1 is 1.13 bits per heavy atom. The van der Waals surface area contributed by atoms with Crippen molar-refractivity contribution in [3.05, 3.63) is 64.9 Å². The minimum Gasteiger partial charge on any atom is -0.490 e. The predicted molar refractivity (Wildman–Crippen MR) is 88.2 cm³/mol. The quantitative estimate of drug-likeness (QED) is 0.505. The minimum atomic E-state index is -0.492. The molecule has 0 fully saturated rings. The van der Waals surface area contributed by atoms with E-state index in [4.69, 9.17) is 25.5 Å². The van der Waals surface area contributed by atoms with Crippen LogP contribution in [0.2, 0.25) is 5.02 Å². The summed E-state index contributed by atoms with van der Waals surface area (Å²) in [4.78, 5) is 12.1. The first-order chi connectivity index (χ1) is 11.1. The summed E-state index contributed by atoms with van der Waals surface area (Å²) in [5.41, 5.74) is 1.45. The highest BCUT2D eigenvalue weighted by molar-refractivity contribution is 6.30. The van der Waals surface area contributed by atoms with Crippen LogP contribution in [-0.4, -0.2) is 19.2 Å². The molecule has 0 spiro atoms. The Morgan fingerprint density at radius 2 is 1.96 bits per heavy atom. The molecule has 0 N–H and O–H groups in total. The van der Waals surface area contributed by atoms with Gasteiger partial charge in [0.05, 0.1) is 0 Å². The van der Waals surface area contributed by atoms with Gasteiger partial charge in [0.1, 0.15) is 24.5 Å². The molecule has 0 aliphatic carbocycles. The van der Waals surface area contributed by atoms with Crippen molar-refractivity contribution < 1.29 is 18.7 Å². The summed E-state index contributed by atoms with van der Waals surface area (Å²) in [5.74, 6) is 0.371. The number of hydrogen-bond donors (Lipinski definition) is 0. The van der Waals surface area contributed by atoms with Gasteiger partial charge in [-0.25, -0.2) is 4.79 Å². The Bertz CT molecular complexity index is 838. The van der Waals surface area contributed by atoms with Crippen LogP contribution in [0.1, 0.15) is 16.1 Å². The van der Waals surface area contributed by atoms with Gasteiger partial charge in [0.15, 0.2) is 0 Å². The normalized spacial score (nSPS) is 10.7. The molecule has 0 aliphatic heterocycles. The first-order valence-electron chi connectivity index (χ1n) is 7.19. The highest BCUT2D eigenvalue weighted by Crippen LogP contribution is 2.25. The number of esters is 1. The fourth-order valence-corrected chi connectivity index (χ4v) is 2.47. The van der Waals surface area contributed by atoms with Gasteiger partial charge in [-0.15, -0.1) is 0 Å². The molecular formula is C18H15ClO4. The van der Waals surface area contributed by atoms with Gasteiger partial charge in [0.2, 0.25) is 5.76 Å². The fourth-order valence-electron chi connectivity index (χ4n) is 2.29. The molecule has 3 aromatic rings. The number of para-hydroxylation sites is 1. The molecule has 3 rings (SSSR count). The lowest BCUT2D eigenvalue weighted by molar-refractivity contribution is 0.0416. The second kappa shape index (κ2) is 6.75. The van der Waals surface area contributed by atoms with E-state index in [0.717, 1.165) is 10.9 Å². The van der Waals surface area contributed by atoms with Crippen molar-refractivity contribution >= 4 is 28.5 Å². The molecule has 23 heavy (non-hydrogen) atoms. The number of halogens is 1. The number of rotatable bonds is 5. The third-order valence-corrected chi connectivity index (χ3v) is 3.65. The lowest BCUT2D eigenvalue weighted by Gasteiger charge is -2.07. The molecule has 0 bridgehead atoms. The standard InChI is InChI=1S/C18H15ClO4/c1-12-15-7-2-3-8-16(15)23-17(12)18(20)22-10-9-21-14-6-4-5-13(19)11-14/h2-8,11H,9-10H2,1H3. The van der Waals surface area contributed by atoms with Crippen LogP contribution in [0, 0.1) is 6.92 Å². The van der Waals surface area contributed by atoms with Crippen LogP contribution in [0.5, 0.6) is 5.75 Å². The van der Waals surface area contributed by atoms with E-state index in [-0.39, 0.29) is 19.0 Å². The van der Waals surface area contributed by atoms with Crippen molar-refractivity contribution in [1.29, 1.82) is 0 Å². The molecule has 0 unspecified atom stereocenters. The van der Waals surface area contributed by atoms with E-state index in [1.54, 1.807) is 24.3 Å². The van der Waals surface area contributed by atoms with E-state index < -0.39 is 5.97 Å². The van der Waals surface area contributed by atoms with Crippen LogP contribution in [0.15, 0.2) is 52.9 Å². The summed E-state index contributed by atoms with van der Waals surface area (Å²) >= 11 is 5.87. The molecule has 4 nitrogen and oxygen atoms in total. The highest BCUT2D eigenvalue weighted by Gasteiger charge is 2.18. The van der Waals surface area contributed by atoms with E-state index in [1.165, 1.54) is 0 Å². The smallest absolute Gasteiger partial charge is 0.374 e. The van der Waals surface area contributed by atoms with Gasteiger partial charge in [0, 0.05) is 16.0 Å². The van der Waals surface area contributed by atoms with Crippen molar-refractivity contribution in [3.63, 3.8) is 0 Å². The number of hydrogen-bond acceptors (Lipinski definition) is 4. The first-order valence-corrected chi connectivity index (χ1v) is 7.56. The molecule has 0 aliphatic rings. The summed E-state index contributed by atoms with van der Waals surface area (Å²) in [6.45, 7) is 2.21. The number of ether oxygens (including phenoxy) is 2. The summed E-state index contributed by atoms with van der Waals surface area (Å²) < 4.78 is 16.2. The van der Waals surface area contributed by atoms with Crippen molar-refractivity contribution in [2.24, 2.45) is 0 Å². The number of furan rings is 1. The summed E-state index contributed by atoms with van der Waals surface area (Å²) in [6.07, 6.45) is 0. The van der Waals surface area contributed by atoms with Gasteiger partial charge >= 0.3 is 5.97 Å². The predicted octanol–water partition coefficient (Wildman–Crippen LogP) is 4.63. The Hall–Kier alpha value is -2.46. The van der Waals surface area contributed by atoms with Gasteiger partial charge in [-0.3, -0.25) is 0 Å². The minimum absolute atomic E-state index is 0.127. The molecule has 0 saturated carbocycles. The first kappa shape index (κ1) is 15.4. The molecule has 0 saturated heterocycles. The molecule has 5 heteroatoms. The van der Waals surface area contributed by atoms with Crippen LogP contribution in [0.25, 0.3) is 11.0 Å². The molecule has 0 amide bonds. The molecule has 0 atom stereocenters. The maximum Gasteiger partial charge on any atom is 0.374 e. The fraction of sp³-hybridized carbons (Fsp3) is 0.167. The maximum atomic E-state index is 12.1. The molecule has 0 radical (unpaired) electrons. The Labute approximate surface area is 138 Å². The molecule has 1 aromatic heterocycles. The van der Waals surface area contributed by atoms with Gasteiger partial charge in [-0.2, -0.15) is 0 Å². The van der Waals surface area contributed by atoms with E-state index >= 15 is 0 Å². The zero-order valence-corrected chi connectivity index (χ0v) is 13.3. The Kier molecular flexibility index (Phi) is 4.53. The molecule has 2 aromatic carbocycles. The maximum absolute atomic E-state index is 12.1. The average Bonchev–Trinajstić information content (AvgIpc) is 2.89. The van der Waals surface area contributed by atoms with Gasteiger partial charge < -0.3 is 13.9 Å². The van der Waals surface area contributed by atoms with Crippen molar-refractivity contribution in [2.45, 2.75) is 6.92 Å². The number of carbonyl (C=O) groups is 1. The monoisotopic (exact) mass is 330 g/mol. The van der Waals surface area contributed by atoms with Gasteiger partial charge in [-0.1, -0.05) is 35.9 Å². The summed E-state index contributed by atoms with van der Waals surface area (Å²) in [6, 6.07) is 14.5. The lowest BCUT2D eigenvalue weighted by Crippen LogP contribution is -2.12. The number of aryl methyl sites for hydroxylation is 1. The van der Waals surface area contributed by atoms with Crippen LogP contribution in [0.3, 0.4) is 0 Å². The van der Waals surface area contributed by atoms with E-state index in [2.05, 4.69) is 0 Å². The Morgan fingerprint density at radius 3 is 2.74 bits per heavy atom. The number of fused-ring (bicyclic) bond motifs is 1. The lowest BCUT2D eigenvalue weighted by atomic mass is 10.1. The van der Waals surface area contributed by atoms with Gasteiger partial charge in [0.25, 0.3) is 0 Å². The van der Waals surface area contributed by atoms with Crippen molar-refractivity contribution in [3.8, 4) is 5.75 Å². The van der Waals surface area contributed by atoms with Gasteiger partial charge in [-0.05, 0) is 31.2 Å². The molecular weight excluding hydrogens is 316 g/mol. The zero-order chi connectivity index (χ0) is 16.2. The average molecular weight is 331 g/mol. The van der Waals surface area contributed by atoms with Crippen molar-refractivity contribution in [1.82, 2.24) is 0 Å². The largest absolute Gasteiger partial charge is 0.490 e. The van der Waals surface area contributed by atoms with Crippen molar-refractivity contribution in [2.75, 3.05) is 13.2 Å². The SMILES string of the molecule is Cc1c(C(=O)OCCOc2cccc(Cl)c2)oc2ccccc12. The van der Waals surface area contributed by atoms with Crippen LogP contribution in [-0.2, 0) is 4.74 Å². The molecule has 118 valence electrons. The second-order valence-corrected chi connectivity index (χ2v) is 5.43. The summed E-state index contributed by atoms with van der Waals surface area (Å²) in [7, 11) is 0. The highest BCUT2D eigenvalue weighted by atomic mass is 35.5. The topological polar surface area (TPSA) is 48.7 Å². The number of benzene rings is 2. The van der Waals surface area contributed by atoms with E-state index in [1.807, 2.05) is 31.2 Å².